The van der Waals surface area contributed by atoms with Crippen LogP contribution >= 0.6 is 11.6 Å². The number of rotatable bonds is 2. The van der Waals surface area contributed by atoms with E-state index in [1.807, 2.05) is 38.1 Å². The minimum absolute atomic E-state index is 0.244. The molecule has 1 fully saturated rings. The van der Waals surface area contributed by atoms with E-state index >= 15 is 0 Å². The Bertz CT molecular complexity index is 403. The number of hydrogen-bond donors (Lipinski definition) is 1. The SMILES string of the molecule is CC1(C)CC(O)(Cc2cccc(Cl)c2)CCO1. The van der Waals surface area contributed by atoms with Crippen molar-refractivity contribution in [3.63, 3.8) is 0 Å². The Morgan fingerprint density at radius 1 is 1.41 bits per heavy atom. The van der Waals surface area contributed by atoms with E-state index in [1.54, 1.807) is 0 Å². The summed E-state index contributed by atoms with van der Waals surface area (Å²) in [6, 6.07) is 7.70. The van der Waals surface area contributed by atoms with Gasteiger partial charge in [-0.2, -0.15) is 0 Å². The van der Waals surface area contributed by atoms with E-state index in [0.29, 0.717) is 25.9 Å². The van der Waals surface area contributed by atoms with E-state index in [1.165, 1.54) is 0 Å². The highest BCUT2D eigenvalue weighted by molar-refractivity contribution is 6.30. The third kappa shape index (κ3) is 3.44. The third-order valence-electron chi connectivity index (χ3n) is 3.24. The van der Waals surface area contributed by atoms with Gasteiger partial charge in [-0.1, -0.05) is 23.7 Å². The summed E-state index contributed by atoms with van der Waals surface area (Å²) in [6.45, 7) is 4.66. The molecule has 1 aromatic rings. The van der Waals surface area contributed by atoms with Crippen molar-refractivity contribution in [2.75, 3.05) is 6.61 Å². The van der Waals surface area contributed by atoms with E-state index < -0.39 is 5.60 Å². The van der Waals surface area contributed by atoms with Gasteiger partial charge in [-0.05, 0) is 38.0 Å². The van der Waals surface area contributed by atoms with Gasteiger partial charge in [0.25, 0.3) is 0 Å². The highest BCUT2D eigenvalue weighted by Crippen LogP contribution is 2.34. The molecule has 2 rings (SSSR count). The van der Waals surface area contributed by atoms with Crippen molar-refractivity contribution < 1.29 is 9.84 Å². The molecule has 94 valence electrons. The van der Waals surface area contributed by atoms with Crippen molar-refractivity contribution in [3.8, 4) is 0 Å². The average molecular weight is 255 g/mol. The Morgan fingerprint density at radius 3 is 2.82 bits per heavy atom. The van der Waals surface area contributed by atoms with Gasteiger partial charge < -0.3 is 9.84 Å². The summed E-state index contributed by atoms with van der Waals surface area (Å²) in [7, 11) is 0. The Hall–Kier alpha value is -0.570. The van der Waals surface area contributed by atoms with Crippen LogP contribution in [0.15, 0.2) is 24.3 Å². The second kappa shape index (κ2) is 4.60. The van der Waals surface area contributed by atoms with Crippen LogP contribution in [-0.4, -0.2) is 22.9 Å². The van der Waals surface area contributed by atoms with Crippen LogP contribution in [0.25, 0.3) is 0 Å². The lowest BCUT2D eigenvalue weighted by Gasteiger charge is -2.41. The molecule has 0 spiro atoms. The summed E-state index contributed by atoms with van der Waals surface area (Å²) in [5, 5.41) is 11.3. The molecule has 1 unspecified atom stereocenters. The van der Waals surface area contributed by atoms with E-state index in [2.05, 4.69) is 0 Å². The summed E-state index contributed by atoms with van der Waals surface area (Å²) in [5.41, 5.74) is 0.163. The second-order valence-corrected chi connectivity index (χ2v) is 6.00. The molecule has 17 heavy (non-hydrogen) atoms. The first kappa shape index (κ1) is 12.9. The summed E-state index contributed by atoms with van der Waals surface area (Å²) in [5.74, 6) is 0. The summed E-state index contributed by atoms with van der Waals surface area (Å²) < 4.78 is 5.64. The average Bonchev–Trinajstić information content (AvgIpc) is 2.14. The Kier molecular flexibility index (Phi) is 3.48. The van der Waals surface area contributed by atoms with Crippen LogP contribution in [0.3, 0.4) is 0 Å². The lowest BCUT2D eigenvalue weighted by molar-refractivity contribution is -0.143. The molecule has 2 nitrogen and oxygen atoms in total. The molecule has 0 radical (unpaired) electrons. The number of aliphatic hydroxyl groups is 1. The maximum absolute atomic E-state index is 10.6. The molecule has 3 heteroatoms. The largest absolute Gasteiger partial charge is 0.389 e. The van der Waals surface area contributed by atoms with Crippen molar-refractivity contribution in [1.29, 1.82) is 0 Å². The first-order valence-electron chi connectivity index (χ1n) is 5.99. The number of halogens is 1. The van der Waals surface area contributed by atoms with Crippen LogP contribution in [-0.2, 0) is 11.2 Å². The lowest BCUT2D eigenvalue weighted by atomic mass is 9.80. The Labute approximate surface area is 108 Å². The number of hydrogen-bond acceptors (Lipinski definition) is 2. The first-order valence-corrected chi connectivity index (χ1v) is 6.37. The maximum Gasteiger partial charge on any atom is 0.0737 e. The molecule has 0 aliphatic carbocycles. The van der Waals surface area contributed by atoms with E-state index in [-0.39, 0.29) is 5.60 Å². The van der Waals surface area contributed by atoms with Gasteiger partial charge in [0.05, 0.1) is 17.8 Å². The first-order chi connectivity index (χ1) is 7.89. The molecule has 1 atom stereocenters. The zero-order valence-electron chi connectivity index (χ0n) is 10.4. The molecule has 0 saturated carbocycles. The van der Waals surface area contributed by atoms with Crippen molar-refractivity contribution >= 4 is 11.6 Å². The molecule has 0 aromatic heterocycles. The zero-order valence-corrected chi connectivity index (χ0v) is 11.1. The van der Waals surface area contributed by atoms with E-state index in [4.69, 9.17) is 16.3 Å². The minimum atomic E-state index is -0.674. The van der Waals surface area contributed by atoms with Crippen LogP contribution < -0.4 is 0 Å². The van der Waals surface area contributed by atoms with Gasteiger partial charge in [-0.3, -0.25) is 0 Å². The summed E-state index contributed by atoms with van der Waals surface area (Å²) in [4.78, 5) is 0. The fourth-order valence-corrected chi connectivity index (χ4v) is 2.84. The molecular weight excluding hydrogens is 236 g/mol. The lowest BCUT2D eigenvalue weighted by Crippen LogP contribution is -2.47. The molecule has 1 aliphatic heterocycles. The van der Waals surface area contributed by atoms with Gasteiger partial charge in [0.15, 0.2) is 0 Å². The fraction of sp³-hybridized carbons (Fsp3) is 0.571. The molecule has 1 heterocycles. The van der Waals surface area contributed by atoms with Crippen LogP contribution in [0.1, 0.15) is 32.3 Å². The molecule has 0 amide bonds. The summed E-state index contributed by atoms with van der Waals surface area (Å²) in [6.07, 6.45) is 1.98. The second-order valence-electron chi connectivity index (χ2n) is 5.57. The third-order valence-corrected chi connectivity index (χ3v) is 3.47. The zero-order chi connectivity index (χ0) is 12.5. The maximum atomic E-state index is 10.6. The highest BCUT2D eigenvalue weighted by atomic mass is 35.5. The van der Waals surface area contributed by atoms with Gasteiger partial charge in [0, 0.05) is 17.9 Å². The Balaban J connectivity index is 2.12. The minimum Gasteiger partial charge on any atom is -0.389 e. The fourth-order valence-electron chi connectivity index (χ4n) is 2.63. The van der Waals surface area contributed by atoms with Gasteiger partial charge in [0.2, 0.25) is 0 Å². The van der Waals surface area contributed by atoms with Gasteiger partial charge in [-0.25, -0.2) is 0 Å². The smallest absolute Gasteiger partial charge is 0.0737 e. The van der Waals surface area contributed by atoms with Crippen molar-refractivity contribution in [1.82, 2.24) is 0 Å². The number of ether oxygens (including phenoxy) is 1. The predicted octanol–water partition coefficient (Wildman–Crippen LogP) is 3.20. The normalized spacial score (nSPS) is 28.0. The molecule has 1 saturated heterocycles. The number of benzene rings is 1. The highest BCUT2D eigenvalue weighted by Gasteiger charge is 2.39. The van der Waals surface area contributed by atoms with Crippen molar-refractivity contribution in [2.45, 2.75) is 44.3 Å². The van der Waals surface area contributed by atoms with Crippen LogP contribution in [0, 0.1) is 0 Å². The van der Waals surface area contributed by atoms with Gasteiger partial charge >= 0.3 is 0 Å². The van der Waals surface area contributed by atoms with Crippen LogP contribution in [0.5, 0.6) is 0 Å². The van der Waals surface area contributed by atoms with Crippen molar-refractivity contribution in [3.05, 3.63) is 34.9 Å². The Morgan fingerprint density at radius 2 is 2.18 bits per heavy atom. The standard InChI is InChI=1S/C14H19ClO2/c1-13(2)10-14(16,6-7-17-13)9-11-4-3-5-12(15)8-11/h3-5,8,16H,6-7,9-10H2,1-2H3. The molecule has 1 aliphatic rings. The monoisotopic (exact) mass is 254 g/mol. The topological polar surface area (TPSA) is 29.5 Å². The molecule has 0 bridgehead atoms. The van der Waals surface area contributed by atoms with Gasteiger partial charge in [0.1, 0.15) is 0 Å². The van der Waals surface area contributed by atoms with Crippen LogP contribution in [0.4, 0.5) is 0 Å². The predicted molar refractivity (Wildman–Crippen MR) is 69.4 cm³/mol. The molecular formula is C14H19ClO2. The quantitative estimate of drug-likeness (QED) is 0.878. The van der Waals surface area contributed by atoms with Crippen LogP contribution in [0.2, 0.25) is 5.02 Å². The van der Waals surface area contributed by atoms with Gasteiger partial charge in [-0.15, -0.1) is 0 Å². The van der Waals surface area contributed by atoms with E-state index in [0.717, 1.165) is 10.6 Å². The molecule has 1 N–H and O–H groups in total. The van der Waals surface area contributed by atoms with Crippen molar-refractivity contribution in [2.24, 2.45) is 0 Å². The summed E-state index contributed by atoms with van der Waals surface area (Å²) >= 11 is 5.96. The van der Waals surface area contributed by atoms with E-state index in [9.17, 15) is 5.11 Å². The molecule has 1 aromatic carbocycles.